The van der Waals surface area contributed by atoms with Crippen LogP contribution in [0.15, 0.2) is 48.5 Å². The van der Waals surface area contributed by atoms with E-state index in [1.54, 1.807) is 28.9 Å². The Bertz CT molecular complexity index is 1010. The van der Waals surface area contributed by atoms with E-state index in [1.807, 2.05) is 12.1 Å². The Kier molecular flexibility index (Phi) is 8.20. The summed E-state index contributed by atoms with van der Waals surface area (Å²) in [5, 5.41) is 6.58. The number of carbonyl (C=O) groups is 2. The molecule has 2 aliphatic rings. The molecule has 2 saturated heterocycles. The summed E-state index contributed by atoms with van der Waals surface area (Å²) in [6, 6.07) is 15.3. The van der Waals surface area contributed by atoms with Crippen LogP contribution < -0.4 is 10.6 Å². The van der Waals surface area contributed by atoms with Crippen molar-refractivity contribution in [2.24, 2.45) is 0 Å². The third-order valence-electron chi connectivity index (χ3n) is 6.31. The Hall–Kier alpha value is -1.76. The van der Waals surface area contributed by atoms with Crippen molar-refractivity contribution in [1.29, 1.82) is 0 Å². The number of rotatable bonds is 7. The number of fused-ring (bicyclic) bond motifs is 2. The molecule has 0 spiro atoms. The number of hydrogen-bond donors (Lipinski definition) is 2. The second-order valence-electron chi connectivity index (χ2n) is 8.45. The highest BCUT2D eigenvalue weighted by Crippen LogP contribution is 2.40. The van der Waals surface area contributed by atoms with Gasteiger partial charge >= 0.3 is 6.03 Å². The quantitative estimate of drug-likeness (QED) is 0.473. The first kappa shape index (κ1) is 24.4. The number of hydrogen-bond acceptors (Lipinski definition) is 4. The van der Waals surface area contributed by atoms with Gasteiger partial charge in [-0.1, -0.05) is 41.4 Å². The summed E-state index contributed by atoms with van der Waals surface area (Å²) >= 11 is 17.2. The topological polar surface area (TPSA) is 64.7 Å². The molecule has 2 aliphatic heterocycles. The normalized spacial score (nSPS) is 22.2. The van der Waals surface area contributed by atoms with E-state index in [-0.39, 0.29) is 18.5 Å². The lowest BCUT2D eigenvalue weighted by atomic mass is 9.96. The van der Waals surface area contributed by atoms with Crippen molar-refractivity contribution < 1.29 is 9.59 Å². The average molecular weight is 523 g/mol. The van der Waals surface area contributed by atoms with Gasteiger partial charge in [0.05, 0.1) is 14.1 Å². The van der Waals surface area contributed by atoms with Crippen LogP contribution in [-0.2, 0) is 23.1 Å². The van der Waals surface area contributed by atoms with Crippen LogP contribution >= 0.6 is 30.7 Å². The van der Waals surface area contributed by atoms with Crippen molar-refractivity contribution in [2.75, 3.05) is 11.9 Å². The maximum absolute atomic E-state index is 12.9. The van der Waals surface area contributed by atoms with E-state index >= 15 is 0 Å². The van der Waals surface area contributed by atoms with Crippen LogP contribution in [0.1, 0.15) is 31.2 Å². The molecule has 3 amide bonds. The molecule has 6 nitrogen and oxygen atoms in total. The van der Waals surface area contributed by atoms with Crippen LogP contribution in [0.25, 0.3) is 0 Å². The maximum atomic E-state index is 12.9. The number of carbonyl (C=O) groups excluding carboxylic acids is 2. The molecule has 0 aliphatic carbocycles. The molecule has 3 atom stereocenters. The predicted molar refractivity (Wildman–Crippen MR) is 136 cm³/mol. The van der Waals surface area contributed by atoms with Gasteiger partial charge in [0.1, 0.15) is 0 Å². The third kappa shape index (κ3) is 6.23. The van der Waals surface area contributed by atoms with Crippen LogP contribution in [0, 0.1) is 0 Å². The lowest BCUT2D eigenvalue weighted by Crippen LogP contribution is -2.50. The fourth-order valence-corrected chi connectivity index (χ4v) is 6.27. The molecule has 2 bridgehead atoms. The van der Waals surface area contributed by atoms with E-state index in [9.17, 15) is 9.59 Å². The number of benzene rings is 2. The summed E-state index contributed by atoms with van der Waals surface area (Å²) in [4.78, 5) is 27.6. The number of nitrogens with one attached hydrogen (secondary N) is 2. The monoisotopic (exact) mass is 522 g/mol. The van der Waals surface area contributed by atoms with E-state index in [0.29, 0.717) is 30.3 Å². The first-order valence-electron chi connectivity index (χ1n) is 10.9. The molecule has 0 radical (unpaired) electrons. The van der Waals surface area contributed by atoms with Crippen molar-refractivity contribution in [3.05, 3.63) is 64.1 Å². The molecule has 0 aromatic heterocycles. The average Bonchev–Trinajstić information content (AvgIpc) is 3.01. The van der Waals surface area contributed by atoms with Crippen molar-refractivity contribution in [1.82, 2.24) is 14.9 Å². The number of piperidine rings is 1. The standard InChI is InChI=1S/C23H25Cl2N4O2PS/c24-16-6-4-15(5-7-16)14-28-19-8-9-20(28)12-21(11-19)29(32-33)22(30)13-26-23(31)27-18-3-1-2-17(25)10-18/h1-7,10,19-21H,8-9,11-14H2,(H2,26,27,31)/t19-,20+,21+. The molecule has 174 valence electrons. The second kappa shape index (κ2) is 11.1. The number of nitrogens with zero attached hydrogens (tertiary/aromatic N) is 2. The predicted octanol–water partition coefficient (Wildman–Crippen LogP) is 5.46. The van der Waals surface area contributed by atoms with Crippen LogP contribution in [0.2, 0.25) is 10.0 Å². The largest absolute Gasteiger partial charge is 0.329 e. The lowest BCUT2D eigenvalue weighted by Gasteiger charge is -2.41. The number of halogens is 2. The van der Waals surface area contributed by atoms with Crippen molar-refractivity contribution >= 4 is 60.1 Å². The Labute approximate surface area is 210 Å². The molecular weight excluding hydrogens is 498 g/mol. The van der Waals surface area contributed by atoms with Gasteiger partial charge in [-0.2, -0.15) is 0 Å². The van der Waals surface area contributed by atoms with E-state index < -0.39 is 6.03 Å². The van der Waals surface area contributed by atoms with Crippen LogP contribution in [-0.4, -0.2) is 46.2 Å². The van der Waals surface area contributed by atoms with E-state index in [4.69, 9.17) is 35.0 Å². The number of anilines is 1. The smallest absolute Gasteiger partial charge is 0.319 e. The van der Waals surface area contributed by atoms with Crippen molar-refractivity contribution in [3.8, 4) is 0 Å². The van der Waals surface area contributed by atoms with Gasteiger partial charge in [0, 0.05) is 40.4 Å². The molecule has 4 rings (SSSR count). The van der Waals surface area contributed by atoms with Crippen LogP contribution in [0.5, 0.6) is 0 Å². The molecule has 2 heterocycles. The summed E-state index contributed by atoms with van der Waals surface area (Å²) in [6.07, 6.45) is 4.05. The number of urea groups is 1. The van der Waals surface area contributed by atoms with E-state index in [0.717, 1.165) is 37.3 Å². The Morgan fingerprint density at radius 2 is 1.76 bits per heavy atom. The molecule has 10 heteroatoms. The molecule has 0 unspecified atom stereocenters. The van der Waals surface area contributed by atoms with Crippen LogP contribution in [0.4, 0.5) is 10.5 Å². The van der Waals surface area contributed by atoms with Gasteiger partial charge in [-0.15, -0.1) is 0 Å². The molecule has 33 heavy (non-hydrogen) atoms. The molecule has 2 N–H and O–H groups in total. The van der Waals surface area contributed by atoms with Gasteiger partial charge in [-0.25, -0.2) is 4.79 Å². The van der Waals surface area contributed by atoms with E-state index in [1.165, 1.54) is 5.56 Å². The molecule has 0 saturated carbocycles. The number of amides is 3. The highest BCUT2D eigenvalue weighted by atomic mass is 35.5. The minimum absolute atomic E-state index is 0.0911. The summed E-state index contributed by atoms with van der Waals surface area (Å²) in [7, 11) is 0.489. The highest BCUT2D eigenvalue weighted by molar-refractivity contribution is 7.95. The second-order valence-corrected chi connectivity index (χ2v) is 10.4. The summed E-state index contributed by atoms with van der Waals surface area (Å²) in [5.74, 6) is -0.163. The van der Waals surface area contributed by atoms with Gasteiger partial charge < -0.3 is 10.6 Å². The van der Waals surface area contributed by atoms with Gasteiger partial charge in [0.25, 0.3) is 0 Å². The van der Waals surface area contributed by atoms with Gasteiger partial charge in [0.15, 0.2) is 0 Å². The highest BCUT2D eigenvalue weighted by Gasteiger charge is 2.43. The minimum atomic E-state index is -0.454. The minimum Gasteiger partial charge on any atom is -0.329 e. The first-order chi connectivity index (χ1) is 15.9. The molecular formula is C23H25Cl2N4O2PS. The van der Waals surface area contributed by atoms with Gasteiger partial charge in [-0.05, 0) is 73.4 Å². The third-order valence-corrected chi connectivity index (χ3v) is 8.05. The Balaban J connectivity index is 1.30. The zero-order valence-corrected chi connectivity index (χ0v) is 21.1. The summed E-state index contributed by atoms with van der Waals surface area (Å²) in [5.41, 5.74) is 1.81. The Morgan fingerprint density at radius 1 is 1.06 bits per heavy atom. The van der Waals surface area contributed by atoms with Crippen LogP contribution in [0.3, 0.4) is 0 Å². The maximum Gasteiger partial charge on any atom is 0.319 e. The molecule has 2 aromatic carbocycles. The summed E-state index contributed by atoms with van der Waals surface area (Å²) < 4.78 is 1.72. The van der Waals surface area contributed by atoms with Crippen molar-refractivity contribution in [3.63, 3.8) is 0 Å². The molecule has 2 aromatic rings. The fourth-order valence-electron chi connectivity index (χ4n) is 4.80. The van der Waals surface area contributed by atoms with Gasteiger partial charge in [-0.3, -0.25) is 14.4 Å². The molecule has 2 fully saturated rings. The zero-order chi connectivity index (χ0) is 23.4. The SMILES string of the molecule is O=C(NCC(=O)N(P=S)[C@H]1C[C@H]2CC[C@@H](C1)N2Cc1ccc(Cl)cc1)Nc1cccc(Cl)c1. The van der Waals surface area contributed by atoms with Crippen molar-refractivity contribution in [2.45, 2.75) is 50.4 Å². The fraction of sp³-hybridized carbons (Fsp3) is 0.391. The van der Waals surface area contributed by atoms with Gasteiger partial charge in [0.2, 0.25) is 5.91 Å². The first-order valence-corrected chi connectivity index (χ1v) is 13.5. The summed E-state index contributed by atoms with van der Waals surface area (Å²) in [6.45, 7) is 0.792. The Morgan fingerprint density at radius 3 is 2.39 bits per heavy atom. The van der Waals surface area contributed by atoms with E-state index in [2.05, 4.69) is 27.7 Å². The lowest BCUT2D eigenvalue weighted by molar-refractivity contribution is -0.127. The zero-order valence-electron chi connectivity index (χ0n) is 17.9.